The lowest BCUT2D eigenvalue weighted by molar-refractivity contribution is 0.271. The van der Waals surface area contributed by atoms with Crippen LogP contribution in [0.4, 0.5) is 0 Å². The van der Waals surface area contributed by atoms with Crippen LogP contribution in [0.15, 0.2) is 18.2 Å². The first kappa shape index (κ1) is 13.4. The third-order valence-corrected chi connectivity index (χ3v) is 2.15. The lowest BCUT2D eigenvalue weighted by atomic mass is 10.2. The molecule has 0 aliphatic carbocycles. The predicted octanol–water partition coefficient (Wildman–Crippen LogP) is 2.37. The van der Waals surface area contributed by atoms with E-state index >= 15 is 0 Å². The summed E-state index contributed by atoms with van der Waals surface area (Å²) >= 11 is 0. The Morgan fingerprint density at radius 3 is 2.71 bits per heavy atom. The molecule has 0 unspecified atom stereocenters. The summed E-state index contributed by atoms with van der Waals surface area (Å²) in [4.78, 5) is 0. The molecule has 0 spiro atoms. The van der Waals surface area contributed by atoms with Gasteiger partial charge in [-0.15, -0.1) is 11.8 Å². The summed E-state index contributed by atoms with van der Waals surface area (Å²) in [5.41, 5.74) is 0.814. The lowest BCUT2D eigenvalue weighted by Gasteiger charge is -2.12. The molecule has 0 aromatic heterocycles. The van der Waals surface area contributed by atoms with E-state index in [4.69, 9.17) is 14.6 Å². The summed E-state index contributed by atoms with van der Waals surface area (Å²) in [6, 6.07) is 5.43. The van der Waals surface area contributed by atoms with Crippen molar-refractivity contribution < 1.29 is 14.6 Å². The van der Waals surface area contributed by atoms with Crippen LogP contribution in [0.1, 0.15) is 25.8 Å². The zero-order chi connectivity index (χ0) is 12.5. The molecule has 1 rings (SSSR count). The summed E-state index contributed by atoms with van der Waals surface area (Å²) in [6.45, 7) is 4.83. The van der Waals surface area contributed by atoms with Crippen LogP contribution in [0.3, 0.4) is 0 Å². The summed E-state index contributed by atoms with van der Waals surface area (Å²) in [5, 5.41) is 9.05. The molecule has 0 amide bonds. The molecule has 0 saturated heterocycles. The van der Waals surface area contributed by atoms with Crippen molar-refractivity contribution in [2.24, 2.45) is 0 Å². The van der Waals surface area contributed by atoms with Gasteiger partial charge in [-0.2, -0.15) is 0 Å². The van der Waals surface area contributed by atoms with Gasteiger partial charge < -0.3 is 14.6 Å². The minimum absolute atomic E-state index is 0.00165. The van der Waals surface area contributed by atoms with Crippen LogP contribution in [-0.4, -0.2) is 18.3 Å². The van der Waals surface area contributed by atoms with Crippen LogP contribution in [-0.2, 0) is 6.61 Å². The third kappa shape index (κ3) is 4.38. The largest absolute Gasteiger partial charge is 0.490 e. The highest BCUT2D eigenvalue weighted by Gasteiger charge is 2.05. The highest BCUT2D eigenvalue weighted by Crippen LogP contribution is 2.28. The number of aliphatic hydroxyl groups excluding tert-OH is 1. The van der Waals surface area contributed by atoms with Gasteiger partial charge in [-0.3, -0.25) is 0 Å². The van der Waals surface area contributed by atoms with Gasteiger partial charge in [-0.05, 0) is 31.5 Å². The Morgan fingerprint density at radius 2 is 2.06 bits per heavy atom. The van der Waals surface area contributed by atoms with E-state index in [0.717, 1.165) is 5.56 Å². The van der Waals surface area contributed by atoms with E-state index in [1.165, 1.54) is 0 Å². The van der Waals surface area contributed by atoms with Gasteiger partial charge >= 0.3 is 0 Å². The fourth-order valence-electron chi connectivity index (χ4n) is 1.38. The number of rotatable bonds is 6. The Balaban J connectivity index is 2.70. The molecule has 0 heterocycles. The van der Waals surface area contributed by atoms with E-state index in [1.54, 1.807) is 6.07 Å². The Hall–Kier alpha value is -1.66. The van der Waals surface area contributed by atoms with Gasteiger partial charge in [0.1, 0.15) is 0 Å². The summed E-state index contributed by atoms with van der Waals surface area (Å²) in [6.07, 6.45) is 0.698. The standard InChI is InChI=1S/C14H18O3/c1-3-5-6-9-17-13-8-7-12(11-15)10-14(13)16-4-2/h7-8,10,15H,4,6,9,11H2,1-2H3. The summed E-state index contributed by atoms with van der Waals surface area (Å²) in [5.74, 6) is 7.12. The van der Waals surface area contributed by atoms with Crippen LogP contribution in [0.2, 0.25) is 0 Å². The predicted molar refractivity (Wildman–Crippen MR) is 67.1 cm³/mol. The van der Waals surface area contributed by atoms with Crippen molar-refractivity contribution in [3.05, 3.63) is 23.8 Å². The van der Waals surface area contributed by atoms with Gasteiger partial charge in [-0.25, -0.2) is 0 Å². The van der Waals surface area contributed by atoms with Gasteiger partial charge in [-0.1, -0.05) is 6.07 Å². The summed E-state index contributed by atoms with van der Waals surface area (Å²) in [7, 11) is 0. The molecule has 0 saturated carbocycles. The Kier molecular flexibility index (Phi) is 5.98. The van der Waals surface area contributed by atoms with Crippen molar-refractivity contribution in [3.63, 3.8) is 0 Å². The molecule has 17 heavy (non-hydrogen) atoms. The van der Waals surface area contributed by atoms with Crippen molar-refractivity contribution in [2.75, 3.05) is 13.2 Å². The van der Waals surface area contributed by atoms with Crippen LogP contribution in [0, 0.1) is 11.8 Å². The quantitative estimate of drug-likeness (QED) is 0.606. The molecule has 0 radical (unpaired) electrons. The molecule has 3 nitrogen and oxygen atoms in total. The van der Waals surface area contributed by atoms with Crippen molar-refractivity contribution in [2.45, 2.75) is 26.9 Å². The average molecular weight is 234 g/mol. The maximum atomic E-state index is 9.05. The molecule has 1 aromatic carbocycles. The zero-order valence-corrected chi connectivity index (χ0v) is 10.3. The molecule has 0 aliphatic rings. The van der Waals surface area contributed by atoms with Gasteiger partial charge in [0.25, 0.3) is 0 Å². The lowest BCUT2D eigenvalue weighted by Crippen LogP contribution is -2.01. The number of benzene rings is 1. The van der Waals surface area contributed by atoms with Crippen molar-refractivity contribution in [1.29, 1.82) is 0 Å². The Morgan fingerprint density at radius 1 is 1.24 bits per heavy atom. The molecule has 0 fully saturated rings. The van der Waals surface area contributed by atoms with Crippen LogP contribution in [0.25, 0.3) is 0 Å². The van der Waals surface area contributed by atoms with Gasteiger partial charge in [0.15, 0.2) is 11.5 Å². The molecule has 0 aliphatic heterocycles. The van der Waals surface area contributed by atoms with Gasteiger partial charge in [0, 0.05) is 6.42 Å². The molecule has 0 atom stereocenters. The summed E-state index contributed by atoms with van der Waals surface area (Å²) < 4.78 is 11.0. The molecule has 0 bridgehead atoms. The molecule has 3 heteroatoms. The minimum Gasteiger partial charge on any atom is -0.490 e. The van der Waals surface area contributed by atoms with E-state index < -0.39 is 0 Å². The molecule has 1 aromatic rings. The molecule has 1 N–H and O–H groups in total. The topological polar surface area (TPSA) is 38.7 Å². The van der Waals surface area contributed by atoms with Crippen LogP contribution >= 0.6 is 0 Å². The second-order valence-corrected chi connectivity index (χ2v) is 3.40. The maximum Gasteiger partial charge on any atom is 0.161 e. The fraction of sp³-hybridized carbons (Fsp3) is 0.429. The second kappa shape index (κ2) is 7.59. The number of ether oxygens (including phenoxy) is 2. The van der Waals surface area contributed by atoms with E-state index in [-0.39, 0.29) is 6.61 Å². The van der Waals surface area contributed by atoms with Gasteiger partial charge in [0.2, 0.25) is 0 Å². The smallest absolute Gasteiger partial charge is 0.161 e. The molecular weight excluding hydrogens is 216 g/mol. The van der Waals surface area contributed by atoms with E-state index in [1.807, 2.05) is 26.0 Å². The van der Waals surface area contributed by atoms with Crippen molar-refractivity contribution >= 4 is 0 Å². The van der Waals surface area contributed by atoms with Crippen LogP contribution in [0.5, 0.6) is 11.5 Å². The van der Waals surface area contributed by atoms with Crippen molar-refractivity contribution in [3.8, 4) is 23.3 Å². The van der Waals surface area contributed by atoms with Crippen LogP contribution < -0.4 is 9.47 Å². The normalized spacial score (nSPS) is 9.35. The van der Waals surface area contributed by atoms with E-state index in [9.17, 15) is 0 Å². The highest BCUT2D eigenvalue weighted by atomic mass is 16.5. The second-order valence-electron chi connectivity index (χ2n) is 3.40. The first-order chi connectivity index (χ1) is 8.31. The minimum atomic E-state index is 0.00165. The monoisotopic (exact) mass is 234 g/mol. The average Bonchev–Trinajstić information content (AvgIpc) is 2.36. The first-order valence-electron chi connectivity index (χ1n) is 5.70. The number of aliphatic hydroxyl groups is 1. The first-order valence-corrected chi connectivity index (χ1v) is 5.70. The Labute approximate surface area is 102 Å². The SMILES string of the molecule is CC#CCCOc1ccc(CO)cc1OCC. The zero-order valence-electron chi connectivity index (χ0n) is 10.3. The van der Waals surface area contributed by atoms with Crippen molar-refractivity contribution in [1.82, 2.24) is 0 Å². The van der Waals surface area contributed by atoms with E-state index in [0.29, 0.717) is 31.1 Å². The maximum absolute atomic E-state index is 9.05. The Bertz CT molecular complexity index is 402. The number of hydrogen-bond donors (Lipinski definition) is 1. The third-order valence-electron chi connectivity index (χ3n) is 2.15. The van der Waals surface area contributed by atoms with Gasteiger partial charge in [0.05, 0.1) is 19.8 Å². The number of hydrogen-bond acceptors (Lipinski definition) is 3. The molecule has 92 valence electrons. The fourth-order valence-corrected chi connectivity index (χ4v) is 1.38. The van der Waals surface area contributed by atoms with E-state index in [2.05, 4.69) is 11.8 Å². The highest BCUT2D eigenvalue weighted by molar-refractivity contribution is 5.42. The molecular formula is C14H18O3.